The lowest BCUT2D eigenvalue weighted by molar-refractivity contribution is -0.0505. The minimum absolute atomic E-state index is 0.0713. The Labute approximate surface area is 179 Å². The minimum Gasteiger partial charge on any atom is -0.506 e. The minimum atomic E-state index is -1.79. The second-order valence-corrected chi connectivity index (χ2v) is 8.12. The lowest BCUT2D eigenvalue weighted by atomic mass is 9.82. The number of hydrogen-bond donors (Lipinski definition) is 3. The smallest absolute Gasteiger partial charge is 0.316 e. The quantitative estimate of drug-likeness (QED) is 0.255. The van der Waals surface area contributed by atoms with Crippen molar-refractivity contribution in [3.63, 3.8) is 0 Å². The fourth-order valence-electron chi connectivity index (χ4n) is 3.30. The lowest BCUT2D eigenvalue weighted by Gasteiger charge is -2.25. The topological polar surface area (TPSA) is 154 Å². The predicted octanol–water partition coefficient (Wildman–Crippen LogP) is 4.33. The van der Waals surface area contributed by atoms with E-state index in [1.165, 1.54) is 12.1 Å². The number of anilines is 2. The van der Waals surface area contributed by atoms with E-state index < -0.39 is 22.7 Å². The van der Waals surface area contributed by atoms with Gasteiger partial charge in [-0.1, -0.05) is 27.7 Å². The van der Waals surface area contributed by atoms with Gasteiger partial charge in [0.2, 0.25) is 5.78 Å². The molecule has 164 valence electrons. The number of ketones is 2. The third-order valence-corrected chi connectivity index (χ3v) is 5.69. The highest BCUT2D eigenvalue weighted by atomic mass is 16.7. The van der Waals surface area contributed by atoms with E-state index in [1.54, 1.807) is 6.92 Å². The van der Waals surface area contributed by atoms with Gasteiger partial charge < -0.3 is 26.0 Å². The van der Waals surface area contributed by atoms with E-state index in [0.29, 0.717) is 12.0 Å². The van der Waals surface area contributed by atoms with Crippen molar-refractivity contribution in [2.24, 2.45) is 10.6 Å². The summed E-state index contributed by atoms with van der Waals surface area (Å²) in [5.74, 6) is -2.71. The third kappa shape index (κ3) is 3.56. The van der Waals surface area contributed by atoms with Gasteiger partial charge in [-0.05, 0) is 35.9 Å². The average molecular weight is 427 g/mol. The van der Waals surface area contributed by atoms with Crippen LogP contribution in [0.2, 0.25) is 0 Å². The molecule has 1 heterocycles. The highest BCUT2D eigenvalue weighted by Crippen LogP contribution is 2.48. The highest BCUT2D eigenvalue weighted by Gasteiger charge is 2.49. The number of benzene rings is 2. The van der Waals surface area contributed by atoms with Crippen LogP contribution in [0.4, 0.5) is 17.1 Å². The standard InChI is InChI=1S/C22H25N3O6/c1-5-21(3,4)19(27)11-7-13(23)18-16(10-11)30-22(6-2,31-18)20(28)12-8-14(25-29)17(24)15(26)9-12/h7-10,26H,5-6,23-24H2,1-4H3. The SMILES string of the molecule is CCC(C)(C)C(=O)c1cc(N)c2c(c1)OC(CC)(C(=O)c1cc(O)c(N)c(N=O)c1)O2. The zero-order valence-electron chi connectivity index (χ0n) is 17.8. The molecule has 0 saturated carbocycles. The van der Waals surface area contributed by atoms with Crippen LogP contribution in [-0.4, -0.2) is 22.5 Å². The Bertz CT molecular complexity index is 1100. The Morgan fingerprint density at radius 1 is 1.10 bits per heavy atom. The van der Waals surface area contributed by atoms with E-state index in [0.717, 1.165) is 12.1 Å². The van der Waals surface area contributed by atoms with Gasteiger partial charge in [0.25, 0.3) is 0 Å². The zero-order valence-corrected chi connectivity index (χ0v) is 17.8. The fourth-order valence-corrected chi connectivity index (χ4v) is 3.30. The number of ether oxygens (including phenoxy) is 2. The molecule has 0 amide bonds. The molecule has 1 aliphatic heterocycles. The number of hydrogen-bond acceptors (Lipinski definition) is 9. The molecule has 0 aromatic heterocycles. The molecule has 0 saturated heterocycles. The van der Waals surface area contributed by atoms with Crippen LogP contribution < -0.4 is 20.9 Å². The molecule has 9 nitrogen and oxygen atoms in total. The number of nitroso groups, excluding NO2 is 1. The maximum atomic E-state index is 13.3. The normalized spacial score (nSPS) is 17.4. The van der Waals surface area contributed by atoms with Crippen molar-refractivity contribution in [3.8, 4) is 17.2 Å². The molecule has 0 radical (unpaired) electrons. The number of aromatic hydroxyl groups is 1. The Hall–Kier alpha value is -3.62. The summed E-state index contributed by atoms with van der Waals surface area (Å²) in [4.78, 5) is 37.2. The highest BCUT2D eigenvalue weighted by molar-refractivity contribution is 6.05. The number of phenols is 1. The molecule has 2 aromatic carbocycles. The maximum absolute atomic E-state index is 13.3. The molecule has 1 aliphatic rings. The Balaban J connectivity index is 2.03. The molecule has 31 heavy (non-hydrogen) atoms. The summed E-state index contributed by atoms with van der Waals surface area (Å²) in [5.41, 5.74) is 11.0. The van der Waals surface area contributed by atoms with Gasteiger partial charge in [-0.2, -0.15) is 0 Å². The van der Waals surface area contributed by atoms with Gasteiger partial charge in [0.1, 0.15) is 17.1 Å². The zero-order chi connectivity index (χ0) is 23.1. The number of carbonyl (C=O) groups is 2. The molecule has 0 fully saturated rings. The number of nitrogens with zero attached hydrogens (tertiary/aromatic N) is 1. The molecule has 0 aliphatic carbocycles. The van der Waals surface area contributed by atoms with Gasteiger partial charge in [0.05, 0.1) is 5.69 Å². The van der Waals surface area contributed by atoms with Crippen LogP contribution in [0.1, 0.15) is 61.3 Å². The maximum Gasteiger partial charge on any atom is 0.316 e. The van der Waals surface area contributed by atoms with Crippen molar-refractivity contribution in [2.45, 2.75) is 46.3 Å². The van der Waals surface area contributed by atoms with Crippen LogP contribution in [0, 0.1) is 10.3 Å². The van der Waals surface area contributed by atoms with Crippen LogP contribution in [-0.2, 0) is 0 Å². The monoisotopic (exact) mass is 427 g/mol. The van der Waals surface area contributed by atoms with Gasteiger partial charge in [0.15, 0.2) is 17.3 Å². The summed E-state index contributed by atoms with van der Waals surface area (Å²) in [6.07, 6.45) is 0.712. The summed E-state index contributed by atoms with van der Waals surface area (Å²) in [7, 11) is 0. The fraction of sp³-hybridized carbons (Fsp3) is 0.364. The van der Waals surface area contributed by atoms with Crippen molar-refractivity contribution in [1.82, 2.24) is 0 Å². The third-order valence-electron chi connectivity index (χ3n) is 5.69. The Kier molecular flexibility index (Phi) is 5.39. The van der Waals surface area contributed by atoms with Crippen LogP contribution in [0.25, 0.3) is 0 Å². The van der Waals surface area contributed by atoms with Crippen molar-refractivity contribution in [3.05, 3.63) is 40.3 Å². The Morgan fingerprint density at radius 3 is 2.35 bits per heavy atom. The largest absolute Gasteiger partial charge is 0.506 e. The molecular formula is C22H25N3O6. The summed E-state index contributed by atoms with van der Waals surface area (Å²) in [6.45, 7) is 7.26. The number of carbonyl (C=O) groups excluding carboxylic acids is 2. The van der Waals surface area contributed by atoms with E-state index in [4.69, 9.17) is 20.9 Å². The van der Waals surface area contributed by atoms with E-state index in [9.17, 15) is 19.6 Å². The van der Waals surface area contributed by atoms with Crippen molar-refractivity contribution >= 4 is 28.6 Å². The van der Waals surface area contributed by atoms with Gasteiger partial charge in [-0.15, -0.1) is 4.91 Å². The van der Waals surface area contributed by atoms with Gasteiger partial charge in [-0.25, -0.2) is 0 Å². The van der Waals surface area contributed by atoms with Crippen molar-refractivity contribution < 1.29 is 24.2 Å². The molecule has 9 heteroatoms. The predicted molar refractivity (Wildman–Crippen MR) is 116 cm³/mol. The number of nitrogens with two attached hydrogens (primary N) is 2. The van der Waals surface area contributed by atoms with Gasteiger partial charge in [-0.3, -0.25) is 9.59 Å². The number of phenolic OH excluding ortho intramolecular Hbond substituents is 1. The number of nitrogen functional groups attached to an aromatic ring is 2. The number of Topliss-reactive ketones (excluding diaryl/α,β-unsaturated/α-hetero) is 2. The summed E-state index contributed by atoms with van der Waals surface area (Å²) in [6, 6.07) is 5.28. The van der Waals surface area contributed by atoms with Crippen LogP contribution in [0.15, 0.2) is 29.4 Å². The average Bonchev–Trinajstić information content (AvgIpc) is 3.15. The molecule has 3 rings (SSSR count). The number of fused-ring (bicyclic) bond motifs is 1. The molecular weight excluding hydrogens is 402 g/mol. The summed E-state index contributed by atoms with van der Waals surface area (Å²) < 4.78 is 11.7. The van der Waals surface area contributed by atoms with Crippen molar-refractivity contribution in [1.29, 1.82) is 0 Å². The Morgan fingerprint density at radius 2 is 1.77 bits per heavy atom. The van der Waals surface area contributed by atoms with Gasteiger partial charge in [0, 0.05) is 23.0 Å². The summed E-state index contributed by atoms with van der Waals surface area (Å²) >= 11 is 0. The van der Waals surface area contributed by atoms with Crippen LogP contribution >= 0.6 is 0 Å². The first kappa shape index (κ1) is 22.1. The molecule has 1 atom stereocenters. The second kappa shape index (κ2) is 7.57. The van der Waals surface area contributed by atoms with E-state index in [2.05, 4.69) is 5.18 Å². The van der Waals surface area contributed by atoms with Gasteiger partial charge >= 0.3 is 5.79 Å². The van der Waals surface area contributed by atoms with E-state index >= 15 is 0 Å². The first-order valence-electron chi connectivity index (χ1n) is 9.86. The first-order valence-corrected chi connectivity index (χ1v) is 9.86. The summed E-state index contributed by atoms with van der Waals surface area (Å²) in [5, 5.41) is 12.7. The molecule has 0 spiro atoms. The molecule has 0 bridgehead atoms. The molecule has 2 aromatic rings. The first-order chi connectivity index (χ1) is 14.5. The molecule has 1 unspecified atom stereocenters. The van der Waals surface area contributed by atoms with Crippen LogP contribution in [0.5, 0.6) is 17.2 Å². The lowest BCUT2D eigenvalue weighted by Crippen LogP contribution is -2.46. The molecule has 5 N–H and O–H groups in total. The van der Waals surface area contributed by atoms with Crippen molar-refractivity contribution in [2.75, 3.05) is 11.5 Å². The number of rotatable bonds is 7. The van der Waals surface area contributed by atoms with Crippen LogP contribution in [0.3, 0.4) is 0 Å². The van der Waals surface area contributed by atoms with E-state index in [-0.39, 0.29) is 46.3 Å². The second-order valence-electron chi connectivity index (χ2n) is 8.12. The van der Waals surface area contributed by atoms with E-state index in [1.807, 2.05) is 20.8 Å².